The first-order valence-corrected chi connectivity index (χ1v) is 9.48. The van der Waals surface area contributed by atoms with Gasteiger partial charge in [0.1, 0.15) is 0 Å². The van der Waals surface area contributed by atoms with E-state index in [9.17, 15) is 19.7 Å². The lowest BCUT2D eigenvalue weighted by Crippen LogP contribution is -2.37. The van der Waals surface area contributed by atoms with Crippen LogP contribution >= 0.6 is 0 Å². The van der Waals surface area contributed by atoms with E-state index in [4.69, 9.17) is 0 Å². The summed E-state index contributed by atoms with van der Waals surface area (Å²) in [4.78, 5) is 35.0. The molecular formula is C23H20N4O4. The summed E-state index contributed by atoms with van der Waals surface area (Å²) in [6, 6.07) is 24.4. The van der Waals surface area contributed by atoms with E-state index in [1.807, 2.05) is 60.7 Å². The minimum absolute atomic E-state index is 0.0321. The van der Waals surface area contributed by atoms with E-state index >= 15 is 0 Å². The van der Waals surface area contributed by atoms with Crippen LogP contribution in [0.2, 0.25) is 0 Å². The van der Waals surface area contributed by atoms with Crippen molar-refractivity contribution in [2.24, 2.45) is 5.10 Å². The van der Waals surface area contributed by atoms with Crippen molar-refractivity contribution in [1.82, 2.24) is 10.7 Å². The molecule has 0 unspecified atom stereocenters. The number of carbonyl (C=O) groups is 2. The van der Waals surface area contributed by atoms with Gasteiger partial charge in [0.2, 0.25) is 5.91 Å². The Hall–Kier alpha value is -4.33. The van der Waals surface area contributed by atoms with Gasteiger partial charge in [0.15, 0.2) is 0 Å². The third-order valence-corrected chi connectivity index (χ3v) is 4.46. The highest BCUT2D eigenvalue weighted by atomic mass is 16.6. The maximum Gasteiger partial charge on any atom is 0.269 e. The van der Waals surface area contributed by atoms with E-state index in [0.717, 1.165) is 11.1 Å². The normalized spacial score (nSPS) is 10.7. The monoisotopic (exact) mass is 416 g/mol. The molecular weight excluding hydrogens is 396 g/mol. The van der Waals surface area contributed by atoms with Crippen molar-refractivity contribution >= 4 is 23.7 Å². The van der Waals surface area contributed by atoms with Gasteiger partial charge in [-0.3, -0.25) is 19.7 Å². The minimum Gasteiger partial charge on any atom is -0.346 e. The van der Waals surface area contributed by atoms with E-state index in [1.165, 1.54) is 30.5 Å². The zero-order valence-corrected chi connectivity index (χ0v) is 16.5. The van der Waals surface area contributed by atoms with Crippen molar-refractivity contribution in [1.29, 1.82) is 0 Å². The molecule has 0 aliphatic carbocycles. The van der Waals surface area contributed by atoms with Gasteiger partial charge in [0, 0.05) is 12.1 Å². The van der Waals surface area contributed by atoms with E-state index in [-0.39, 0.29) is 18.1 Å². The van der Waals surface area contributed by atoms with Gasteiger partial charge in [-0.25, -0.2) is 5.43 Å². The summed E-state index contributed by atoms with van der Waals surface area (Å²) in [5.41, 5.74) is 4.52. The van der Waals surface area contributed by atoms with Crippen molar-refractivity contribution in [3.05, 3.63) is 112 Å². The third-order valence-electron chi connectivity index (χ3n) is 4.46. The number of non-ortho nitro benzene ring substituents is 1. The van der Waals surface area contributed by atoms with Crippen LogP contribution in [0.3, 0.4) is 0 Å². The number of benzene rings is 3. The molecule has 0 bridgehead atoms. The lowest BCUT2D eigenvalue weighted by Gasteiger charge is -2.17. The van der Waals surface area contributed by atoms with Gasteiger partial charge in [-0.1, -0.05) is 60.7 Å². The molecule has 2 N–H and O–H groups in total. The fourth-order valence-electron chi connectivity index (χ4n) is 2.96. The molecule has 0 saturated carbocycles. The molecule has 0 fully saturated rings. The first-order chi connectivity index (χ1) is 15.0. The van der Waals surface area contributed by atoms with E-state index in [1.54, 1.807) is 0 Å². The van der Waals surface area contributed by atoms with Gasteiger partial charge in [-0.05, 0) is 28.8 Å². The largest absolute Gasteiger partial charge is 0.346 e. The maximum atomic E-state index is 12.8. The van der Waals surface area contributed by atoms with Crippen LogP contribution in [0, 0.1) is 10.1 Å². The van der Waals surface area contributed by atoms with Gasteiger partial charge in [0.05, 0.1) is 23.6 Å². The molecule has 3 aromatic rings. The predicted molar refractivity (Wildman–Crippen MR) is 117 cm³/mol. The summed E-state index contributed by atoms with van der Waals surface area (Å²) in [5.74, 6) is -1.34. The van der Waals surface area contributed by atoms with Crippen molar-refractivity contribution in [2.45, 2.75) is 5.92 Å². The average Bonchev–Trinajstić information content (AvgIpc) is 2.80. The number of rotatable bonds is 8. The first-order valence-electron chi connectivity index (χ1n) is 9.48. The number of amides is 2. The van der Waals surface area contributed by atoms with Crippen LogP contribution in [0.25, 0.3) is 0 Å². The smallest absolute Gasteiger partial charge is 0.269 e. The quantitative estimate of drug-likeness (QED) is 0.334. The summed E-state index contributed by atoms with van der Waals surface area (Å²) >= 11 is 0. The Morgan fingerprint density at radius 1 is 0.903 bits per heavy atom. The second kappa shape index (κ2) is 10.4. The summed E-state index contributed by atoms with van der Waals surface area (Å²) in [6.45, 7) is -0.243. The Labute approximate surface area is 178 Å². The highest BCUT2D eigenvalue weighted by molar-refractivity contribution is 5.91. The molecule has 0 heterocycles. The van der Waals surface area contributed by atoms with Crippen molar-refractivity contribution in [2.75, 3.05) is 6.54 Å². The highest BCUT2D eigenvalue weighted by Crippen LogP contribution is 2.24. The molecule has 8 nitrogen and oxygen atoms in total. The Morgan fingerprint density at radius 2 is 1.45 bits per heavy atom. The van der Waals surface area contributed by atoms with Crippen LogP contribution < -0.4 is 10.7 Å². The second-order valence-electron chi connectivity index (χ2n) is 6.61. The highest BCUT2D eigenvalue weighted by Gasteiger charge is 2.22. The molecule has 8 heteroatoms. The lowest BCUT2D eigenvalue weighted by molar-refractivity contribution is -0.384. The summed E-state index contributed by atoms with van der Waals surface area (Å²) in [5, 5.41) is 17.1. The number of nitro groups is 1. The van der Waals surface area contributed by atoms with Crippen LogP contribution in [0.5, 0.6) is 0 Å². The molecule has 0 radical (unpaired) electrons. The number of nitro benzene ring substituents is 1. The number of carbonyl (C=O) groups excluding carboxylic acids is 2. The van der Waals surface area contributed by atoms with E-state index < -0.39 is 16.7 Å². The third kappa shape index (κ3) is 6.07. The Kier molecular flexibility index (Phi) is 7.21. The molecule has 0 aliphatic rings. The van der Waals surface area contributed by atoms with Gasteiger partial charge in [-0.15, -0.1) is 0 Å². The number of nitrogens with zero attached hydrogens (tertiary/aromatic N) is 2. The zero-order chi connectivity index (χ0) is 22.1. The van der Waals surface area contributed by atoms with Gasteiger partial charge in [-0.2, -0.15) is 5.10 Å². The molecule has 0 spiro atoms. The Bertz CT molecular complexity index is 1030. The number of hydrogen-bond acceptors (Lipinski definition) is 5. The number of hydrazone groups is 1. The number of hydrogen-bond donors (Lipinski definition) is 2. The summed E-state index contributed by atoms with van der Waals surface area (Å²) in [7, 11) is 0. The fourth-order valence-corrected chi connectivity index (χ4v) is 2.96. The van der Waals surface area contributed by atoms with Gasteiger partial charge >= 0.3 is 0 Å². The van der Waals surface area contributed by atoms with Crippen molar-refractivity contribution in [3.8, 4) is 0 Å². The van der Waals surface area contributed by atoms with Gasteiger partial charge in [0.25, 0.3) is 11.6 Å². The molecule has 0 aromatic heterocycles. The Balaban J connectivity index is 1.58. The molecule has 156 valence electrons. The summed E-state index contributed by atoms with van der Waals surface area (Å²) in [6.07, 6.45) is 1.36. The first kappa shape index (κ1) is 21.4. The standard InChI is InChI=1S/C23H20N4O4/c28-21(26-25-15-17-11-13-20(14-12-17)27(30)31)16-24-23(29)22(18-7-3-1-4-8-18)19-9-5-2-6-10-19/h1-15,22H,16H2,(H,24,29)(H,26,28)/b25-15-. The van der Waals surface area contributed by atoms with E-state index in [0.29, 0.717) is 5.56 Å². The van der Waals surface area contributed by atoms with Crippen LogP contribution in [0.4, 0.5) is 5.69 Å². The van der Waals surface area contributed by atoms with Crippen LogP contribution in [-0.4, -0.2) is 29.5 Å². The fraction of sp³-hybridized carbons (Fsp3) is 0.0870. The minimum atomic E-state index is -0.543. The van der Waals surface area contributed by atoms with Crippen molar-refractivity contribution in [3.63, 3.8) is 0 Å². The molecule has 0 saturated heterocycles. The lowest BCUT2D eigenvalue weighted by atomic mass is 9.90. The molecule has 2 amide bonds. The summed E-state index contributed by atoms with van der Waals surface area (Å²) < 4.78 is 0. The maximum absolute atomic E-state index is 12.8. The van der Waals surface area contributed by atoms with Crippen molar-refractivity contribution < 1.29 is 14.5 Å². The molecule has 31 heavy (non-hydrogen) atoms. The van der Waals surface area contributed by atoms with E-state index in [2.05, 4.69) is 15.8 Å². The Morgan fingerprint density at radius 3 is 1.97 bits per heavy atom. The SMILES string of the molecule is O=C(CNC(=O)C(c1ccccc1)c1ccccc1)N/N=C\c1ccc([N+](=O)[O-])cc1. The average molecular weight is 416 g/mol. The molecule has 3 aromatic carbocycles. The van der Waals surface area contributed by atoms with Crippen LogP contribution in [0.15, 0.2) is 90.0 Å². The van der Waals surface area contributed by atoms with Gasteiger partial charge < -0.3 is 5.32 Å². The van der Waals surface area contributed by atoms with Crippen LogP contribution in [-0.2, 0) is 9.59 Å². The molecule has 0 atom stereocenters. The second-order valence-corrected chi connectivity index (χ2v) is 6.61. The topological polar surface area (TPSA) is 114 Å². The molecule has 3 rings (SSSR count). The number of nitrogens with one attached hydrogen (secondary N) is 2. The molecule has 0 aliphatic heterocycles. The van der Waals surface area contributed by atoms with Crippen LogP contribution in [0.1, 0.15) is 22.6 Å². The predicted octanol–water partition coefficient (Wildman–Crippen LogP) is 2.99. The zero-order valence-electron chi connectivity index (χ0n) is 16.5.